The number of nitrogens with two attached hydrogens (primary N) is 1. The molecule has 0 fully saturated rings. The van der Waals surface area contributed by atoms with Crippen molar-refractivity contribution in [3.8, 4) is 17.2 Å². The summed E-state index contributed by atoms with van der Waals surface area (Å²) in [5.74, 6) is 2.37. The van der Waals surface area contributed by atoms with Gasteiger partial charge in [0.05, 0.1) is 6.61 Å². The maximum Gasteiger partial charge on any atom is 0.131 e. The molecule has 2 aromatic carbocycles. The van der Waals surface area contributed by atoms with E-state index >= 15 is 0 Å². The summed E-state index contributed by atoms with van der Waals surface area (Å²) in [5, 5.41) is 0. The van der Waals surface area contributed by atoms with Gasteiger partial charge in [-0.15, -0.1) is 0 Å². The molecule has 0 aliphatic heterocycles. The van der Waals surface area contributed by atoms with Crippen LogP contribution >= 0.6 is 0 Å². The summed E-state index contributed by atoms with van der Waals surface area (Å²) in [5.41, 5.74) is 6.91. The standard InChI is InChI=1S/C16H19NO2/c1-3-18-15-5-4-6-16(11-15)19-14-9-7-13(8-10-14)12(2)17/h4-12H,3,17H2,1-2H3. The van der Waals surface area contributed by atoms with Gasteiger partial charge < -0.3 is 15.2 Å². The highest BCUT2D eigenvalue weighted by atomic mass is 16.5. The second-order valence-electron chi connectivity index (χ2n) is 4.37. The molecule has 0 aliphatic carbocycles. The number of hydrogen-bond donors (Lipinski definition) is 1. The Balaban J connectivity index is 2.10. The van der Waals surface area contributed by atoms with Crippen molar-refractivity contribution < 1.29 is 9.47 Å². The van der Waals surface area contributed by atoms with Gasteiger partial charge >= 0.3 is 0 Å². The van der Waals surface area contributed by atoms with E-state index in [0.29, 0.717) is 6.61 Å². The van der Waals surface area contributed by atoms with Crippen LogP contribution in [0, 0.1) is 0 Å². The lowest BCUT2D eigenvalue weighted by atomic mass is 10.1. The molecule has 0 bridgehead atoms. The first-order valence-electron chi connectivity index (χ1n) is 6.45. The van der Waals surface area contributed by atoms with E-state index in [9.17, 15) is 0 Å². The van der Waals surface area contributed by atoms with Crippen LogP contribution in [0.25, 0.3) is 0 Å². The Labute approximate surface area is 114 Å². The summed E-state index contributed by atoms with van der Waals surface area (Å²) in [6.07, 6.45) is 0. The summed E-state index contributed by atoms with van der Waals surface area (Å²) in [6.45, 7) is 4.56. The van der Waals surface area contributed by atoms with E-state index in [0.717, 1.165) is 22.8 Å². The van der Waals surface area contributed by atoms with Crippen LogP contribution in [0.2, 0.25) is 0 Å². The molecule has 0 radical (unpaired) electrons. The monoisotopic (exact) mass is 257 g/mol. The molecule has 2 rings (SSSR count). The van der Waals surface area contributed by atoms with E-state index < -0.39 is 0 Å². The van der Waals surface area contributed by atoms with E-state index in [1.54, 1.807) is 0 Å². The molecule has 0 saturated heterocycles. The predicted octanol–water partition coefficient (Wildman–Crippen LogP) is 3.90. The van der Waals surface area contributed by atoms with Crippen molar-refractivity contribution in [3.05, 3.63) is 54.1 Å². The maximum absolute atomic E-state index is 5.81. The van der Waals surface area contributed by atoms with E-state index in [2.05, 4.69) is 0 Å². The summed E-state index contributed by atoms with van der Waals surface area (Å²) in [6, 6.07) is 15.4. The molecule has 3 nitrogen and oxygen atoms in total. The lowest BCUT2D eigenvalue weighted by molar-refractivity contribution is 0.338. The van der Waals surface area contributed by atoms with Gasteiger partial charge in [0, 0.05) is 12.1 Å². The van der Waals surface area contributed by atoms with E-state index in [-0.39, 0.29) is 6.04 Å². The molecule has 0 heterocycles. The van der Waals surface area contributed by atoms with E-state index in [1.807, 2.05) is 62.4 Å². The average molecular weight is 257 g/mol. The third-order valence-corrected chi connectivity index (χ3v) is 2.76. The molecule has 2 aromatic rings. The fourth-order valence-corrected chi connectivity index (χ4v) is 1.77. The summed E-state index contributed by atoms with van der Waals surface area (Å²) < 4.78 is 11.2. The van der Waals surface area contributed by atoms with Crippen molar-refractivity contribution in [2.75, 3.05) is 6.61 Å². The van der Waals surface area contributed by atoms with Crippen LogP contribution in [-0.2, 0) is 0 Å². The third-order valence-electron chi connectivity index (χ3n) is 2.76. The molecule has 2 N–H and O–H groups in total. The van der Waals surface area contributed by atoms with Crippen LogP contribution in [0.1, 0.15) is 25.5 Å². The van der Waals surface area contributed by atoms with Gasteiger partial charge in [0.1, 0.15) is 17.2 Å². The Hall–Kier alpha value is -2.00. The molecule has 0 aliphatic rings. The summed E-state index contributed by atoms with van der Waals surface area (Å²) >= 11 is 0. The molecular weight excluding hydrogens is 238 g/mol. The Morgan fingerprint density at radius 1 is 1.00 bits per heavy atom. The molecule has 0 saturated carbocycles. The first kappa shape index (κ1) is 13.4. The quantitative estimate of drug-likeness (QED) is 0.883. The van der Waals surface area contributed by atoms with E-state index in [1.165, 1.54) is 0 Å². The molecule has 1 atom stereocenters. The van der Waals surface area contributed by atoms with Gasteiger partial charge in [-0.05, 0) is 43.7 Å². The molecule has 19 heavy (non-hydrogen) atoms. The average Bonchev–Trinajstić information content (AvgIpc) is 2.40. The molecule has 0 aromatic heterocycles. The van der Waals surface area contributed by atoms with Gasteiger partial charge in [-0.1, -0.05) is 18.2 Å². The Morgan fingerprint density at radius 3 is 2.32 bits per heavy atom. The van der Waals surface area contributed by atoms with Crippen molar-refractivity contribution in [1.82, 2.24) is 0 Å². The zero-order valence-electron chi connectivity index (χ0n) is 11.3. The van der Waals surface area contributed by atoms with Crippen LogP contribution < -0.4 is 15.2 Å². The van der Waals surface area contributed by atoms with Crippen LogP contribution in [0.3, 0.4) is 0 Å². The van der Waals surface area contributed by atoms with Crippen molar-refractivity contribution in [2.24, 2.45) is 5.73 Å². The molecular formula is C16H19NO2. The summed E-state index contributed by atoms with van der Waals surface area (Å²) in [7, 11) is 0. The van der Waals surface area contributed by atoms with Crippen LogP contribution in [0.5, 0.6) is 17.2 Å². The smallest absolute Gasteiger partial charge is 0.131 e. The fourth-order valence-electron chi connectivity index (χ4n) is 1.77. The highest BCUT2D eigenvalue weighted by Crippen LogP contribution is 2.26. The van der Waals surface area contributed by atoms with Gasteiger partial charge in [0.15, 0.2) is 0 Å². The summed E-state index contributed by atoms with van der Waals surface area (Å²) in [4.78, 5) is 0. The highest BCUT2D eigenvalue weighted by molar-refractivity contribution is 5.37. The second-order valence-corrected chi connectivity index (χ2v) is 4.37. The molecule has 0 amide bonds. The lowest BCUT2D eigenvalue weighted by Crippen LogP contribution is -2.04. The third kappa shape index (κ3) is 3.73. The number of ether oxygens (including phenoxy) is 2. The fraction of sp³-hybridized carbons (Fsp3) is 0.250. The second kappa shape index (κ2) is 6.25. The minimum absolute atomic E-state index is 0.0373. The van der Waals surface area contributed by atoms with Gasteiger partial charge in [-0.2, -0.15) is 0 Å². The number of rotatable bonds is 5. The largest absolute Gasteiger partial charge is 0.494 e. The molecule has 100 valence electrons. The van der Waals surface area contributed by atoms with Crippen molar-refractivity contribution >= 4 is 0 Å². The lowest BCUT2D eigenvalue weighted by Gasteiger charge is -2.10. The normalized spacial score (nSPS) is 11.9. The van der Waals surface area contributed by atoms with Gasteiger partial charge in [-0.25, -0.2) is 0 Å². The van der Waals surface area contributed by atoms with Gasteiger partial charge in [0.2, 0.25) is 0 Å². The van der Waals surface area contributed by atoms with E-state index in [4.69, 9.17) is 15.2 Å². The first-order chi connectivity index (χ1) is 9.19. The molecule has 0 spiro atoms. The number of benzene rings is 2. The van der Waals surface area contributed by atoms with Crippen molar-refractivity contribution in [1.29, 1.82) is 0 Å². The highest BCUT2D eigenvalue weighted by Gasteiger charge is 2.02. The Bertz CT molecular complexity index is 521. The molecule has 3 heteroatoms. The number of hydrogen-bond acceptors (Lipinski definition) is 3. The minimum Gasteiger partial charge on any atom is -0.494 e. The van der Waals surface area contributed by atoms with Crippen LogP contribution in [0.15, 0.2) is 48.5 Å². The zero-order valence-corrected chi connectivity index (χ0v) is 11.3. The predicted molar refractivity (Wildman–Crippen MR) is 76.7 cm³/mol. The first-order valence-corrected chi connectivity index (χ1v) is 6.45. The zero-order chi connectivity index (χ0) is 13.7. The van der Waals surface area contributed by atoms with Crippen molar-refractivity contribution in [3.63, 3.8) is 0 Å². The van der Waals surface area contributed by atoms with Crippen LogP contribution in [-0.4, -0.2) is 6.61 Å². The molecule has 1 unspecified atom stereocenters. The minimum atomic E-state index is 0.0373. The Kier molecular flexibility index (Phi) is 4.42. The van der Waals surface area contributed by atoms with Crippen LogP contribution in [0.4, 0.5) is 0 Å². The SMILES string of the molecule is CCOc1cccc(Oc2ccc(C(C)N)cc2)c1. The maximum atomic E-state index is 5.81. The topological polar surface area (TPSA) is 44.5 Å². The van der Waals surface area contributed by atoms with Crippen molar-refractivity contribution in [2.45, 2.75) is 19.9 Å². The Morgan fingerprint density at radius 2 is 1.68 bits per heavy atom. The van der Waals surface area contributed by atoms with Gasteiger partial charge in [-0.3, -0.25) is 0 Å². The van der Waals surface area contributed by atoms with Gasteiger partial charge in [0.25, 0.3) is 0 Å².